The number of carbonyl (C=O) groups excluding carboxylic acids is 1. The lowest BCUT2D eigenvalue weighted by atomic mass is 9.98. The second kappa shape index (κ2) is 18.8. The molecular formula is C39H55N7OS. The second-order valence-electron chi connectivity index (χ2n) is 13.2. The highest BCUT2D eigenvalue weighted by atomic mass is 32.1. The van der Waals surface area contributed by atoms with E-state index in [1.807, 2.05) is 0 Å². The third-order valence-corrected chi connectivity index (χ3v) is 10.3. The average molecular weight is 670 g/mol. The van der Waals surface area contributed by atoms with Crippen LogP contribution < -0.4 is 4.90 Å². The molecule has 1 aliphatic rings. The van der Waals surface area contributed by atoms with Crippen LogP contribution in [0.5, 0.6) is 0 Å². The molecule has 48 heavy (non-hydrogen) atoms. The second-order valence-corrected chi connectivity index (χ2v) is 14.1. The molecule has 3 heterocycles. The molecule has 0 spiro atoms. The zero-order valence-electron chi connectivity index (χ0n) is 30.1. The molecule has 0 radical (unpaired) electrons. The molecule has 0 N–H and O–H groups in total. The molecule has 8 nitrogen and oxygen atoms in total. The number of rotatable bonds is 20. The normalized spacial score (nSPS) is 14.4. The molecule has 1 aliphatic heterocycles. The van der Waals surface area contributed by atoms with Gasteiger partial charge >= 0.3 is 0 Å². The SMILES string of the molecule is CCCCCCCN(CCCCCCC)c1nc(-c2ccc(C)cc2)c(/N=C2/C(C)=C(C#N)C(=O)n3nc(C(CC)CCCC)nc32)s1. The number of nitriles is 1. The highest BCUT2D eigenvalue weighted by Crippen LogP contribution is 2.41. The molecule has 0 amide bonds. The number of aromatic nitrogens is 4. The zero-order chi connectivity index (χ0) is 34.5. The number of unbranched alkanes of at least 4 members (excludes halogenated alkanes) is 9. The fraction of sp³-hybridized carbons (Fsp3) is 0.590. The van der Waals surface area contributed by atoms with Gasteiger partial charge in [0.25, 0.3) is 5.91 Å². The summed E-state index contributed by atoms with van der Waals surface area (Å²) >= 11 is 1.59. The quantitative estimate of drug-likeness (QED) is 0.111. The number of thiazole rings is 1. The Balaban J connectivity index is 1.81. The molecule has 0 bridgehead atoms. The monoisotopic (exact) mass is 669 g/mol. The number of fused-ring (bicyclic) bond motifs is 1. The lowest BCUT2D eigenvalue weighted by Gasteiger charge is -2.22. The van der Waals surface area contributed by atoms with Crippen LogP contribution in [0.2, 0.25) is 0 Å². The van der Waals surface area contributed by atoms with Gasteiger partial charge in [0.2, 0.25) is 0 Å². The van der Waals surface area contributed by atoms with Crippen molar-refractivity contribution >= 4 is 33.1 Å². The number of aryl methyl sites for hydroxylation is 1. The summed E-state index contributed by atoms with van der Waals surface area (Å²) in [6, 6.07) is 10.6. The first-order chi connectivity index (χ1) is 23.4. The Morgan fingerprint density at radius 2 is 1.50 bits per heavy atom. The van der Waals surface area contributed by atoms with Crippen molar-refractivity contribution in [2.24, 2.45) is 4.99 Å². The van der Waals surface area contributed by atoms with Crippen LogP contribution >= 0.6 is 11.3 Å². The smallest absolute Gasteiger partial charge is 0.291 e. The molecule has 0 saturated carbocycles. The summed E-state index contributed by atoms with van der Waals surface area (Å²) in [5.41, 5.74) is 4.10. The molecule has 4 rings (SSSR count). The van der Waals surface area contributed by atoms with Gasteiger partial charge < -0.3 is 4.90 Å². The molecule has 1 unspecified atom stereocenters. The molecule has 9 heteroatoms. The van der Waals surface area contributed by atoms with E-state index in [0.29, 0.717) is 22.9 Å². The zero-order valence-corrected chi connectivity index (χ0v) is 31.0. The third-order valence-electron chi connectivity index (χ3n) is 9.32. The van der Waals surface area contributed by atoms with Crippen LogP contribution in [0.3, 0.4) is 0 Å². The highest BCUT2D eigenvalue weighted by Gasteiger charge is 2.34. The van der Waals surface area contributed by atoms with Crippen molar-refractivity contribution in [2.45, 2.75) is 137 Å². The molecular weight excluding hydrogens is 615 g/mol. The number of allylic oxidation sites excluding steroid dienone is 2. The number of hydrogen-bond acceptors (Lipinski definition) is 8. The Bertz CT molecular complexity index is 1580. The third kappa shape index (κ3) is 9.28. The Kier molecular flexibility index (Phi) is 14.6. The molecule has 1 aromatic carbocycles. The number of aliphatic imine (C=N–C) groups is 1. The van der Waals surface area contributed by atoms with Gasteiger partial charge in [0, 0.05) is 30.1 Å². The molecule has 1 atom stereocenters. The van der Waals surface area contributed by atoms with Crippen LogP contribution in [0, 0.1) is 18.3 Å². The molecule has 2 aromatic heterocycles. The van der Waals surface area contributed by atoms with Gasteiger partial charge in [-0.1, -0.05) is 133 Å². The van der Waals surface area contributed by atoms with Crippen molar-refractivity contribution in [1.82, 2.24) is 19.7 Å². The van der Waals surface area contributed by atoms with Crippen LogP contribution in [-0.4, -0.2) is 44.5 Å². The van der Waals surface area contributed by atoms with E-state index in [0.717, 1.165) is 73.0 Å². The summed E-state index contributed by atoms with van der Waals surface area (Å²) in [6.07, 6.45) is 16.2. The minimum atomic E-state index is -0.436. The van der Waals surface area contributed by atoms with Gasteiger partial charge in [0.1, 0.15) is 28.0 Å². The van der Waals surface area contributed by atoms with Gasteiger partial charge in [-0.3, -0.25) is 4.79 Å². The van der Waals surface area contributed by atoms with Gasteiger partial charge in [-0.2, -0.15) is 9.94 Å². The molecule has 3 aromatic rings. The van der Waals surface area contributed by atoms with E-state index in [9.17, 15) is 10.1 Å². The minimum absolute atomic E-state index is 0.0571. The van der Waals surface area contributed by atoms with E-state index in [2.05, 4.69) is 75.0 Å². The van der Waals surface area contributed by atoms with Gasteiger partial charge in [-0.05, 0) is 39.5 Å². The summed E-state index contributed by atoms with van der Waals surface area (Å²) in [4.78, 5) is 31.4. The van der Waals surface area contributed by atoms with Gasteiger partial charge in [-0.15, -0.1) is 5.10 Å². The highest BCUT2D eigenvalue weighted by molar-refractivity contribution is 7.19. The number of hydrogen-bond donors (Lipinski definition) is 0. The average Bonchev–Trinajstić information content (AvgIpc) is 3.72. The van der Waals surface area contributed by atoms with Crippen LogP contribution in [0.4, 0.5) is 10.1 Å². The number of carbonyl (C=O) groups is 1. The van der Waals surface area contributed by atoms with Crippen molar-refractivity contribution in [2.75, 3.05) is 18.0 Å². The first-order valence-corrected chi connectivity index (χ1v) is 19.2. The first-order valence-electron chi connectivity index (χ1n) is 18.4. The maximum atomic E-state index is 13.4. The Hall–Kier alpha value is -3.64. The Labute approximate surface area is 292 Å². The van der Waals surface area contributed by atoms with Crippen LogP contribution in [-0.2, 0) is 0 Å². The Morgan fingerprint density at radius 1 is 0.875 bits per heavy atom. The Morgan fingerprint density at radius 3 is 2.08 bits per heavy atom. The first kappa shape index (κ1) is 37.2. The van der Waals surface area contributed by atoms with Crippen LogP contribution in [0.1, 0.15) is 152 Å². The van der Waals surface area contributed by atoms with E-state index >= 15 is 0 Å². The lowest BCUT2D eigenvalue weighted by Crippen LogP contribution is -2.28. The fourth-order valence-corrected chi connectivity index (χ4v) is 7.23. The topological polar surface area (TPSA) is 100 Å². The maximum Gasteiger partial charge on any atom is 0.291 e. The number of nitrogens with zero attached hydrogens (tertiary/aromatic N) is 7. The standard InChI is InChI=1S/C39H55N7OS/c1-7-11-14-16-18-25-45(26-19-17-15-12-8-2)39-42-34(31-23-21-28(5)22-24-31)37(48-39)41-33-29(6)32(27-40)38(47)46-36(33)43-35(44-46)30(10-4)20-13-9-3/h21-24,30H,7-20,25-26H2,1-6H3/b41-33-. The predicted molar refractivity (Wildman–Crippen MR) is 200 cm³/mol. The van der Waals surface area contributed by atoms with Crippen molar-refractivity contribution in [3.63, 3.8) is 0 Å². The fourth-order valence-electron chi connectivity index (χ4n) is 6.21. The molecule has 0 fully saturated rings. The summed E-state index contributed by atoms with van der Waals surface area (Å²) in [5.74, 6) is 0.767. The summed E-state index contributed by atoms with van der Waals surface area (Å²) in [5, 5.41) is 16.5. The van der Waals surface area contributed by atoms with Gasteiger partial charge in [0.15, 0.2) is 16.8 Å². The molecule has 258 valence electrons. The van der Waals surface area contributed by atoms with Crippen molar-refractivity contribution in [3.8, 4) is 17.3 Å². The van der Waals surface area contributed by atoms with Crippen molar-refractivity contribution in [1.29, 1.82) is 5.26 Å². The van der Waals surface area contributed by atoms with Crippen molar-refractivity contribution in [3.05, 3.63) is 52.6 Å². The van der Waals surface area contributed by atoms with E-state index in [1.165, 1.54) is 61.6 Å². The van der Waals surface area contributed by atoms with Gasteiger partial charge in [-0.25, -0.2) is 15.0 Å². The molecule has 0 saturated heterocycles. The van der Waals surface area contributed by atoms with E-state index in [4.69, 9.17) is 15.0 Å². The summed E-state index contributed by atoms with van der Waals surface area (Å²) < 4.78 is 1.31. The largest absolute Gasteiger partial charge is 0.348 e. The summed E-state index contributed by atoms with van der Waals surface area (Å²) in [7, 11) is 0. The van der Waals surface area contributed by atoms with E-state index in [-0.39, 0.29) is 11.5 Å². The lowest BCUT2D eigenvalue weighted by molar-refractivity contribution is 0.0941. The maximum absolute atomic E-state index is 13.4. The number of anilines is 1. The van der Waals surface area contributed by atoms with Crippen molar-refractivity contribution < 1.29 is 4.79 Å². The summed E-state index contributed by atoms with van der Waals surface area (Å²) in [6.45, 7) is 14.6. The van der Waals surface area contributed by atoms with Crippen LogP contribution in [0.15, 0.2) is 40.4 Å². The van der Waals surface area contributed by atoms with Crippen LogP contribution in [0.25, 0.3) is 11.3 Å². The van der Waals surface area contributed by atoms with Gasteiger partial charge in [0.05, 0.1) is 0 Å². The predicted octanol–water partition coefficient (Wildman–Crippen LogP) is 10.8. The van der Waals surface area contributed by atoms with E-state index < -0.39 is 5.91 Å². The molecule has 0 aliphatic carbocycles. The number of benzene rings is 1. The van der Waals surface area contributed by atoms with E-state index in [1.54, 1.807) is 18.3 Å². The minimum Gasteiger partial charge on any atom is -0.348 e.